The minimum Gasteiger partial charge on any atom is -0.350 e. The second-order valence-electron chi connectivity index (χ2n) is 6.46. The SMILES string of the molecule is CCN(CC)c1ncc(Cl)c(C(=O)NCC(C)Cn2nc(C)cc2C)n1. The van der Waals surface area contributed by atoms with Gasteiger partial charge in [-0.1, -0.05) is 18.5 Å². The van der Waals surface area contributed by atoms with Crippen molar-refractivity contribution in [1.82, 2.24) is 25.1 Å². The second kappa shape index (κ2) is 8.98. The van der Waals surface area contributed by atoms with Crippen LogP contribution in [0.1, 0.15) is 42.6 Å². The lowest BCUT2D eigenvalue weighted by Gasteiger charge is -2.19. The summed E-state index contributed by atoms with van der Waals surface area (Å²) in [5, 5.41) is 7.63. The summed E-state index contributed by atoms with van der Waals surface area (Å²) in [5.41, 5.74) is 2.32. The maximum atomic E-state index is 12.5. The first-order chi connectivity index (χ1) is 12.3. The van der Waals surface area contributed by atoms with Gasteiger partial charge in [-0.15, -0.1) is 0 Å². The normalized spacial score (nSPS) is 12.1. The second-order valence-corrected chi connectivity index (χ2v) is 6.87. The van der Waals surface area contributed by atoms with Crippen LogP contribution in [0.3, 0.4) is 0 Å². The van der Waals surface area contributed by atoms with E-state index in [1.54, 1.807) is 0 Å². The molecule has 0 spiro atoms. The van der Waals surface area contributed by atoms with E-state index in [0.717, 1.165) is 31.0 Å². The van der Waals surface area contributed by atoms with Gasteiger partial charge in [0.1, 0.15) is 0 Å². The van der Waals surface area contributed by atoms with E-state index in [2.05, 4.69) is 27.3 Å². The van der Waals surface area contributed by atoms with E-state index in [0.29, 0.717) is 12.5 Å². The minimum absolute atomic E-state index is 0.210. The minimum atomic E-state index is -0.286. The fourth-order valence-electron chi connectivity index (χ4n) is 2.75. The Morgan fingerprint density at radius 2 is 2.04 bits per heavy atom. The molecule has 0 bridgehead atoms. The number of aromatic nitrogens is 4. The van der Waals surface area contributed by atoms with E-state index in [9.17, 15) is 4.79 Å². The Morgan fingerprint density at radius 1 is 1.35 bits per heavy atom. The van der Waals surface area contributed by atoms with Crippen molar-refractivity contribution in [2.75, 3.05) is 24.5 Å². The lowest BCUT2D eigenvalue weighted by atomic mass is 10.2. The summed E-state index contributed by atoms with van der Waals surface area (Å²) in [6, 6.07) is 2.04. The number of rotatable bonds is 8. The number of carbonyl (C=O) groups excluding carboxylic acids is 1. The molecule has 2 aromatic heterocycles. The van der Waals surface area contributed by atoms with E-state index in [1.165, 1.54) is 6.20 Å². The number of hydrogen-bond donors (Lipinski definition) is 1. The average Bonchev–Trinajstić information content (AvgIpc) is 2.92. The fraction of sp³-hybridized carbons (Fsp3) is 0.556. The monoisotopic (exact) mass is 378 g/mol. The summed E-state index contributed by atoms with van der Waals surface area (Å²) in [5.74, 6) is 0.450. The molecule has 0 aromatic carbocycles. The Kier molecular flexibility index (Phi) is 6.97. The molecule has 7 nitrogen and oxygen atoms in total. The molecule has 8 heteroatoms. The summed E-state index contributed by atoms with van der Waals surface area (Å²) >= 11 is 6.13. The Labute approximate surface area is 159 Å². The highest BCUT2D eigenvalue weighted by Gasteiger charge is 2.17. The number of nitrogens with zero attached hydrogens (tertiary/aromatic N) is 5. The van der Waals surface area contributed by atoms with Crippen LogP contribution in [0.2, 0.25) is 5.02 Å². The Bertz CT molecular complexity index is 756. The molecule has 0 fully saturated rings. The van der Waals surface area contributed by atoms with Crippen molar-refractivity contribution < 1.29 is 4.79 Å². The standard InChI is InChI=1S/C18H27ClN6O/c1-6-24(7-2)18-21-10-15(19)16(22-18)17(26)20-9-12(3)11-25-14(5)8-13(4)23-25/h8,10,12H,6-7,9,11H2,1-5H3,(H,20,26). The van der Waals surface area contributed by atoms with Gasteiger partial charge in [0.25, 0.3) is 5.91 Å². The van der Waals surface area contributed by atoms with Crippen molar-refractivity contribution >= 4 is 23.5 Å². The van der Waals surface area contributed by atoms with Gasteiger partial charge in [0.05, 0.1) is 16.9 Å². The van der Waals surface area contributed by atoms with Crippen molar-refractivity contribution in [3.8, 4) is 0 Å². The van der Waals surface area contributed by atoms with Crippen molar-refractivity contribution in [2.45, 2.75) is 41.2 Å². The van der Waals surface area contributed by atoms with Crippen LogP contribution in [-0.4, -0.2) is 45.3 Å². The fourth-order valence-corrected chi connectivity index (χ4v) is 2.92. The summed E-state index contributed by atoms with van der Waals surface area (Å²) in [6.45, 7) is 12.9. The number of carbonyl (C=O) groups is 1. The smallest absolute Gasteiger partial charge is 0.271 e. The number of halogens is 1. The zero-order chi connectivity index (χ0) is 19.3. The molecule has 1 atom stereocenters. The molecular weight excluding hydrogens is 352 g/mol. The van der Waals surface area contributed by atoms with Crippen LogP contribution in [0.4, 0.5) is 5.95 Å². The lowest BCUT2D eigenvalue weighted by molar-refractivity contribution is 0.0941. The first kappa shape index (κ1) is 20.2. The van der Waals surface area contributed by atoms with E-state index in [1.807, 2.05) is 43.3 Å². The van der Waals surface area contributed by atoms with Crippen LogP contribution in [0, 0.1) is 19.8 Å². The van der Waals surface area contributed by atoms with Crippen LogP contribution in [-0.2, 0) is 6.54 Å². The largest absolute Gasteiger partial charge is 0.350 e. The molecule has 26 heavy (non-hydrogen) atoms. The summed E-state index contributed by atoms with van der Waals surface area (Å²) in [4.78, 5) is 23.1. The lowest BCUT2D eigenvalue weighted by Crippen LogP contribution is -2.32. The first-order valence-corrected chi connectivity index (χ1v) is 9.30. The van der Waals surface area contributed by atoms with Crippen LogP contribution in [0.15, 0.2) is 12.3 Å². The molecule has 1 amide bonds. The third kappa shape index (κ3) is 4.94. The molecule has 0 saturated carbocycles. The van der Waals surface area contributed by atoms with Crippen molar-refractivity contribution in [2.24, 2.45) is 5.92 Å². The zero-order valence-corrected chi connectivity index (χ0v) is 16.8. The van der Waals surface area contributed by atoms with Gasteiger partial charge in [-0.2, -0.15) is 5.10 Å². The maximum absolute atomic E-state index is 12.5. The van der Waals surface area contributed by atoms with Crippen LogP contribution in [0.25, 0.3) is 0 Å². The Morgan fingerprint density at radius 3 is 2.62 bits per heavy atom. The topological polar surface area (TPSA) is 75.9 Å². The summed E-state index contributed by atoms with van der Waals surface area (Å²) in [6.07, 6.45) is 1.48. The van der Waals surface area contributed by atoms with Crippen molar-refractivity contribution in [1.29, 1.82) is 0 Å². The third-order valence-corrected chi connectivity index (χ3v) is 4.47. The molecule has 2 rings (SSSR count). The highest BCUT2D eigenvalue weighted by Crippen LogP contribution is 2.16. The quantitative estimate of drug-likeness (QED) is 0.764. The molecule has 2 aromatic rings. The molecule has 0 aliphatic heterocycles. The molecule has 1 N–H and O–H groups in total. The Hall–Kier alpha value is -2.15. The van der Waals surface area contributed by atoms with Gasteiger partial charge in [0.2, 0.25) is 5.95 Å². The highest BCUT2D eigenvalue weighted by molar-refractivity contribution is 6.33. The van der Waals surface area contributed by atoms with E-state index >= 15 is 0 Å². The van der Waals surface area contributed by atoms with Gasteiger partial charge >= 0.3 is 0 Å². The zero-order valence-electron chi connectivity index (χ0n) is 16.1. The van der Waals surface area contributed by atoms with Gasteiger partial charge in [0.15, 0.2) is 5.69 Å². The van der Waals surface area contributed by atoms with E-state index < -0.39 is 0 Å². The predicted molar refractivity (Wildman–Crippen MR) is 104 cm³/mol. The average molecular weight is 379 g/mol. The number of nitrogens with one attached hydrogen (secondary N) is 1. The van der Waals surface area contributed by atoms with Gasteiger partial charge in [-0.3, -0.25) is 9.48 Å². The van der Waals surface area contributed by atoms with Crippen LogP contribution < -0.4 is 10.2 Å². The molecule has 142 valence electrons. The molecule has 0 aliphatic rings. The van der Waals surface area contributed by atoms with Gasteiger partial charge in [0, 0.05) is 31.9 Å². The van der Waals surface area contributed by atoms with Crippen molar-refractivity contribution in [3.05, 3.63) is 34.4 Å². The number of anilines is 1. The predicted octanol–water partition coefficient (Wildman–Crippen LogP) is 2.86. The molecule has 1 unspecified atom stereocenters. The third-order valence-electron chi connectivity index (χ3n) is 4.19. The highest BCUT2D eigenvalue weighted by atomic mass is 35.5. The number of amides is 1. The summed E-state index contributed by atoms with van der Waals surface area (Å²) in [7, 11) is 0. The van der Waals surface area contributed by atoms with E-state index in [-0.39, 0.29) is 22.5 Å². The Balaban J connectivity index is 2.00. The first-order valence-electron chi connectivity index (χ1n) is 8.92. The molecule has 0 aliphatic carbocycles. The number of aryl methyl sites for hydroxylation is 2. The van der Waals surface area contributed by atoms with Crippen molar-refractivity contribution in [3.63, 3.8) is 0 Å². The summed E-state index contributed by atoms with van der Waals surface area (Å²) < 4.78 is 1.96. The van der Waals surface area contributed by atoms with Crippen LogP contribution >= 0.6 is 11.6 Å². The molecular formula is C18H27ClN6O. The van der Waals surface area contributed by atoms with Gasteiger partial charge in [-0.25, -0.2) is 9.97 Å². The number of hydrogen-bond acceptors (Lipinski definition) is 5. The molecule has 0 radical (unpaired) electrons. The maximum Gasteiger partial charge on any atom is 0.271 e. The van der Waals surface area contributed by atoms with Crippen LogP contribution in [0.5, 0.6) is 0 Å². The van der Waals surface area contributed by atoms with Gasteiger partial charge in [-0.05, 0) is 39.7 Å². The van der Waals surface area contributed by atoms with E-state index in [4.69, 9.17) is 11.6 Å². The van der Waals surface area contributed by atoms with Gasteiger partial charge < -0.3 is 10.2 Å². The molecule has 2 heterocycles. The molecule has 0 saturated heterocycles.